The highest BCUT2D eigenvalue weighted by Crippen LogP contribution is 2.23. The first-order valence-corrected chi connectivity index (χ1v) is 7.40. The lowest BCUT2D eigenvalue weighted by Gasteiger charge is -2.10. The van der Waals surface area contributed by atoms with Crippen LogP contribution in [-0.4, -0.2) is 8.42 Å². The number of aryl methyl sites for hydroxylation is 1. The molecule has 0 aliphatic carbocycles. The van der Waals surface area contributed by atoms with E-state index >= 15 is 0 Å². The van der Waals surface area contributed by atoms with Gasteiger partial charge in [-0.15, -0.1) is 0 Å². The first kappa shape index (κ1) is 14.8. The Morgan fingerprint density at radius 3 is 2.62 bits per heavy atom. The number of halogens is 1. The van der Waals surface area contributed by atoms with Crippen LogP contribution in [0.5, 0.6) is 0 Å². The third-order valence-corrected chi connectivity index (χ3v) is 4.17. The van der Waals surface area contributed by atoms with Crippen molar-refractivity contribution in [3.8, 4) is 6.07 Å². The maximum Gasteiger partial charge on any atom is 0.261 e. The Kier molecular flexibility index (Phi) is 3.82. The molecule has 2 aromatic carbocycles. The van der Waals surface area contributed by atoms with E-state index in [1.165, 1.54) is 25.1 Å². The summed E-state index contributed by atoms with van der Waals surface area (Å²) in [6, 6.07) is 10.2. The van der Waals surface area contributed by atoms with E-state index in [-0.39, 0.29) is 21.8 Å². The minimum absolute atomic E-state index is 0.138. The molecule has 0 aliphatic heterocycles. The lowest BCUT2D eigenvalue weighted by atomic mass is 10.2. The smallest absolute Gasteiger partial charge is 0.261 e. The third-order valence-electron chi connectivity index (χ3n) is 2.81. The molecule has 0 bridgehead atoms. The number of hydrogen-bond acceptors (Lipinski definition) is 4. The molecule has 0 saturated heterocycles. The van der Waals surface area contributed by atoms with Crippen LogP contribution in [0.1, 0.15) is 11.1 Å². The van der Waals surface area contributed by atoms with E-state index in [1.54, 1.807) is 12.1 Å². The van der Waals surface area contributed by atoms with Crippen molar-refractivity contribution < 1.29 is 12.8 Å². The van der Waals surface area contributed by atoms with Crippen molar-refractivity contribution in [1.29, 1.82) is 5.26 Å². The number of sulfonamides is 1. The summed E-state index contributed by atoms with van der Waals surface area (Å²) in [5.41, 5.74) is 5.92. The van der Waals surface area contributed by atoms with E-state index in [9.17, 15) is 12.8 Å². The molecule has 0 radical (unpaired) electrons. The monoisotopic (exact) mass is 305 g/mol. The maximum atomic E-state index is 13.4. The molecule has 7 heteroatoms. The van der Waals surface area contributed by atoms with E-state index in [2.05, 4.69) is 4.72 Å². The van der Waals surface area contributed by atoms with Gasteiger partial charge in [0.05, 0.1) is 27.9 Å². The number of nitrogens with zero attached hydrogens (tertiary/aromatic N) is 1. The largest absolute Gasteiger partial charge is 0.396 e. The molecule has 5 nitrogen and oxygen atoms in total. The lowest BCUT2D eigenvalue weighted by molar-refractivity contribution is 0.599. The van der Waals surface area contributed by atoms with Gasteiger partial charge in [0.15, 0.2) is 0 Å². The Morgan fingerprint density at radius 2 is 2.00 bits per heavy atom. The Morgan fingerprint density at radius 1 is 1.29 bits per heavy atom. The molecular weight excluding hydrogens is 293 g/mol. The molecule has 0 saturated carbocycles. The van der Waals surface area contributed by atoms with E-state index in [0.717, 1.165) is 6.07 Å². The predicted molar refractivity (Wildman–Crippen MR) is 77.5 cm³/mol. The Labute approximate surface area is 121 Å². The zero-order valence-corrected chi connectivity index (χ0v) is 11.9. The van der Waals surface area contributed by atoms with Crippen LogP contribution in [0.15, 0.2) is 41.3 Å². The number of rotatable bonds is 3. The molecule has 0 amide bonds. The van der Waals surface area contributed by atoms with Crippen LogP contribution in [0.2, 0.25) is 0 Å². The number of benzene rings is 2. The van der Waals surface area contributed by atoms with Gasteiger partial charge in [-0.3, -0.25) is 4.72 Å². The van der Waals surface area contributed by atoms with Crippen LogP contribution in [0.3, 0.4) is 0 Å². The summed E-state index contributed by atoms with van der Waals surface area (Å²) >= 11 is 0. The molecule has 2 rings (SSSR count). The first-order valence-electron chi connectivity index (χ1n) is 5.92. The maximum absolute atomic E-state index is 13.4. The van der Waals surface area contributed by atoms with Gasteiger partial charge in [-0.25, -0.2) is 12.8 Å². The van der Waals surface area contributed by atoms with Crippen LogP contribution >= 0.6 is 0 Å². The van der Waals surface area contributed by atoms with Gasteiger partial charge in [0.2, 0.25) is 0 Å². The Hall–Kier alpha value is -2.59. The van der Waals surface area contributed by atoms with E-state index < -0.39 is 15.8 Å². The van der Waals surface area contributed by atoms with Crippen molar-refractivity contribution in [3.63, 3.8) is 0 Å². The van der Waals surface area contributed by atoms with Crippen LogP contribution in [0, 0.1) is 24.1 Å². The number of nitriles is 1. The van der Waals surface area contributed by atoms with Gasteiger partial charge in [-0.2, -0.15) is 5.26 Å². The lowest BCUT2D eigenvalue weighted by Crippen LogP contribution is -2.14. The molecule has 21 heavy (non-hydrogen) atoms. The van der Waals surface area contributed by atoms with Gasteiger partial charge in [-0.1, -0.05) is 6.07 Å². The predicted octanol–water partition coefficient (Wildman–Crippen LogP) is 2.39. The molecule has 0 aromatic heterocycles. The molecule has 2 aromatic rings. The summed E-state index contributed by atoms with van der Waals surface area (Å²) in [6.07, 6.45) is 0. The summed E-state index contributed by atoms with van der Waals surface area (Å²) in [4.78, 5) is -0.138. The van der Waals surface area contributed by atoms with E-state index in [4.69, 9.17) is 11.0 Å². The van der Waals surface area contributed by atoms with Crippen molar-refractivity contribution in [1.82, 2.24) is 0 Å². The van der Waals surface area contributed by atoms with E-state index in [0.29, 0.717) is 5.56 Å². The highest BCUT2D eigenvalue weighted by Gasteiger charge is 2.17. The minimum Gasteiger partial charge on any atom is -0.396 e. The SMILES string of the molecule is Cc1cc(S(=O)(=O)Nc2cccc(C#N)c2)cc(N)c1F. The average Bonchev–Trinajstić information content (AvgIpc) is 2.44. The molecule has 3 N–H and O–H groups in total. The first-order chi connectivity index (χ1) is 9.83. The zero-order valence-electron chi connectivity index (χ0n) is 11.1. The van der Waals surface area contributed by atoms with Gasteiger partial charge in [0.1, 0.15) is 5.82 Å². The van der Waals surface area contributed by atoms with Crippen LogP contribution < -0.4 is 10.5 Å². The van der Waals surface area contributed by atoms with E-state index in [1.807, 2.05) is 6.07 Å². The number of nitrogen functional groups attached to an aromatic ring is 1. The topological polar surface area (TPSA) is 96.0 Å². The van der Waals surface area contributed by atoms with Gasteiger partial charge in [0.25, 0.3) is 10.0 Å². The Balaban J connectivity index is 2.41. The Bertz CT molecular complexity index is 819. The molecule has 0 spiro atoms. The second kappa shape index (κ2) is 5.42. The summed E-state index contributed by atoms with van der Waals surface area (Å²) in [6.45, 7) is 1.43. The average molecular weight is 305 g/mol. The molecule has 108 valence electrons. The highest BCUT2D eigenvalue weighted by atomic mass is 32.2. The summed E-state index contributed by atoms with van der Waals surface area (Å²) < 4.78 is 40.3. The molecule has 0 aliphatic rings. The number of nitrogens with one attached hydrogen (secondary N) is 1. The summed E-state index contributed by atoms with van der Waals surface area (Å²) in [7, 11) is -3.91. The van der Waals surface area contributed by atoms with Gasteiger partial charge < -0.3 is 5.73 Å². The van der Waals surface area contributed by atoms with Crippen molar-refractivity contribution in [2.75, 3.05) is 10.5 Å². The van der Waals surface area contributed by atoms with Crippen LogP contribution in [0.25, 0.3) is 0 Å². The van der Waals surface area contributed by atoms with Crippen LogP contribution in [0.4, 0.5) is 15.8 Å². The fourth-order valence-electron chi connectivity index (χ4n) is 1.78. The van der Waals surface area contributed by atoms with Gasteiger partial charge >= 0.3 is 0 Å². The molecular formula is C14H12FN3O2S. The normalized spacial score (nSPS) is 10.9. The minimum atomic E-state index is -3.91. The highest BCUT2D eigenvalue weighted by molar-refractivity contribution is 7.92. The molecule has 0 heterocycles. The van der Waals surface area contributed by atoms with Crippen LogP contribution in [-0.2, 0) is 10.0 Å². The van der Waals surface area contributed by atoms with Crippen molar-refractivity contribution in [2.24, 2.45) is 0 Å². The van der Waals surface area contributed by atoms with Crippen molar-refractivity contribution in [3.05, 3.63) is 53.3 Å². The fourth-order valence-corrected chi connectivity index (χ4v) is 2.95. The summed E-state index contributed by atoms with van der Waals surface area (Å²) in [5, 5.41) is 8.80. The second-order valence-electron chi connectivity index (χ2n) is 4.44. The fraction of sp³-hybridized carbons (Fsp3) is 0.0714. The van der Waals surface area contributed by atoms with Crippen molar-refractivity contribution >= 4 is 21.4 Å². The summed E-state index contributed by atoms with van der Waals surface area (Å²) in [5.74, 6) is -0.638. The number of hydrogen-bond donors (Lipinski definition) is 2. The number of anilines is 2. The molecule has 0 fully saturated rings. The van der Waals surface area contributed by atoms with Gasteiger partial charge in [-0.05, 0) is 42.8 Å². The quantitative estimate of drug-likeness (QED) is 0.851. The number of nitrogens with two attached hydrogens (primary N) is 1. The van der Waals surface area contributed by atoms with Gasteiger partial charge in [0, 0.05) is 0 Å². The zero-order chi connectivity index (χ0) is 15.6. The molecule has 0 atom stereocenters. The second-order valence-corrected chi connectivity index (χ2v) is 6.12. The van der Waals surface area contributed by atoms with Crippen molar-refractivity contribution in [2.45, 2.75) is 11.8 Å². The third kappa shape index (κ3) is 3.12. The standard InChI is InChI=1S/C14H12FN3O2S/c1-9-5-12(7-13(17)14(9)15)21(19,20)18-11-4-2-3-10(6-11)8-16/h2-7,18H,17H2,1H3. The molecule has 0 unspecified atom stereocenters.